The Morgan fingerprint density at radius 2 is 2.24 bits per heavy atom. The number of primary amides is 1. The van der Waals surface area contributed by atoms with Crippen LogP contribution in [0.25, 0.3) is 0 Å². The third-order valence-corrected chi connectivity index (χ3v) is 3.40. The molecular weight excluding hydrogens is 285 g/mol. The Morgan fingerprint density at radius 3 is 2.81 bits per heavy atom. The number of hydrogen-bond acceptors (Lipinski definition) is 4. The van der Waals surface area contributed by atoms with Crippen LogP contribution < -0.4 is 16.4 Å². The number of pyridine rings is 1. The van der Waals surface area contributed by atoms with E-state index in [0.717, 1.165) is 37.9 Å². The normalized spacial score (nSPS) is 18.7. The molecule has 0 aromatic carbocycles. The molecule has 1 aromatic heterocycles. The number of nitrogens with one attached hydrogen (secondary N) is 2. The monoisotopic (exact) mass is 302 g/mol. The van der Waals surface area contributed by atoms with Crippen molar-refractivity contribution in [1.82, 2.24) is 10.3 Å². The van der Waals surface area contributed by atoms with Crippen molar-refractivity contribution in [1.29, 1.82) is 0 Å². The molecule has 1 atom stereocenters. The molecule has 21 heavy (non-hydrogen) atoms. The summed E-state index contributed by atoms with van der Waals surface area (Å²) in [5.74, 6) is -0.923. The van der Waals surface area contributed by atoms with Gasteiger partial charge in [0.15, 0.2) is 0 Å². The van der Waals surface area contributed by atoms with Gasteiger partial charge in [-0.25, -0.2) is 4.98 Å². The highest BCUT2D eigenvalue weighted by Gasteiger charge is 2.33. The van der Waals surface area contributed by atoms with Crippen LogP contribution in [0.1, 0.15) is 35.3 Å². The Bertz CT molecular complexity index is 513. The van der Waals surface area contributed by atoms with E-state index in [9.17, 15) is 18.0 Å². The van der Waals surface area contributed by atoms with Gasteiger partial charge in [-0.15, -0.1) is 0 Å². The predicted octanol–water partition coefficient (Wildman–Crippen LogP) is 1.75. The summed E-state index contributed by atoms with van der Waals surface area (Å²) in [5, 5.41) is 6.07. The van der Waals surface area contributed by atoms with Gasteiger partial charge in [0, 0.05) is 12.6 Å². The van der Waals surface area contributed by atoms with Gasteiger partial charge in [0.25, 0.3) is 5.91 Å². The first-order chi connectivity index (χ1) is 9.88. The number of nitrogens with zero attached hydrogens (tertiary/aromatic N) is 1. The number of anilines is 1. The fourth-order valence-electron chi connectivity index (χ4n) is 2.32. The second kappa shape index (κ2) is 6.30. The maximum Gasteiger partial charge on any atom is 0.433 e. The summed E-state index contributed by atoms with van der Waals surface area (Å²) in [5.41, 5.74) is 4.07. The van der Waals surface area contributed by atoms with E-state index in [0.29, 0.717) is 12.6 Å². The molecule has 1 amide bonds. The molecule has 4 N–H and O–H groups in total. The highest BCUT2D eigenvalue weighted by atomic mass is 19.4. The molecule has 1 fully saturated rings. The van der Waals surface area contributed by atoms with Gasteiger partial charge in [0.1, 0.15) is 11.5 Å². The van der Waals surface area contributed by atoms with Gasteiger partial charge in [-0.05, 0) is 37.9 Å². The van der Waals surface area contributed by atoms with Crippen molar-refractivity contribution in [2.24, 2.45) is 5.73 Å². The number of halogens is 3. The molecule has 8 heteroatoms. The molecule has 0 bridgehead atoms. The molecule has 5 nitrogen and oxygen atoms in total. The van der Waals surface area contributed by atoms with Gasteiger partial charge < -0.3 is 16.4 Å². The third-order valence-electron chi connectivity index (χ3n) is 3.40. The van der Waals surface area contributed by atoms with Gasteiger partial charge in [-0.3, -0.25) is 4.79 Å². The van der Waals surface area contributed by atoms with Crippen molar-refractivity contribution in [3.63, 3.8) is 0 Å². The van der Waals surface area contributed by atoms with Crippen LogP contribution in [-0.2, 0) is 6.18 Å². The highest BCUT2D eigenvalue weighted by Crippen LogP contribution is 2.29. The van der Waals surface area contributed by atoms with E-state index in [1.165, 1.54) is 0 Å². The fraction of sp³-hybridized carbons (Fsp3) is 0.538. The lowest BCUT2D eigenvalue weighted by atomic mass is 10.1. The van der Waals surface area contributed by atoms with Gasteiger partial charge in [-0.2, -0.15) is 13.2 Å². The number of rotatable bonds is 5. The number of aromatic nitrogens is 1. The zero-order valence-electron chi connectivity index (χ0n) is 11.3. The smallest absolute Gasteiger partial charge is 0.369 e. The van der Waals surface area contributed by atoms with Crippen molar-refractivity contribution in [3.05, 3.63) is 23.4 Å². The van der Waals surface area contributed by atoms with Crippen LogP contribution >= 0.6 is 0 Å². The molecule has 0 aliphatic carbocycles. The summed E-state index contributed by atoms with van der Waals surface area (Å²) in [6.07, 6.45) is -1.67. The predicted molar refractivity (Wildman–Crippen MR) is 71.9 cm³/mol. The number of hydrogen-bond donors (Lipinski definition) is 3. The Hall–Kier alpha value is -1.83. The Labute approximate surface area is 120 Å². The van der Waals surface area contributed by atoms with E-state index in [-0.39, 0.29) is 11.4 Å². The average Bonchev–Trinajstić information content (AvgIpc) is 2.90. The molecule has 1 aliphatic heterocycles. The van der Waals surface area contributed by atoms with Crippen molar-refractivity contribution in [2.75, 3.05) is 18.4 Å². The first-order valence-corrected chi connectivity index (χ1v) is 6.73. The lowest BCUT2D eigenvalue weighted by Crippen LogP contribution is -2.25. The molecule has 0 saturated carbocycles. The molecule has 2 rings (SSSR count). The first kappa shape index (κ1) is 15.6. The van der Waals surface area contributed by atoms with Crippen LogP contribution in [0.15, 0.2) is 12.1 Å². The Kier molecular flexibility index (Phi) is 4.66. The van der Waals surface area contributed by atoms with Gasteiger partial charge >= 0.3 is 6.18 Å². The minimum Gasteiger partial charge on any atom is -0.369 e. The van der Waals surface area contributed by atoms with Crippen molar-refractivity contribution >= 4 is 11.7 Å². The number of carbonyl (C=O) groups excluding carboxylic acids is 1. The van der Waals surface area contributed by atoms with Crippen molar-refractivity contribution < 1.29 is 18.0 Å². The SMILES string of the molecule is NC(=O)c1ccc(C(F)(F)F)nc1NCC[C@H]1CCCN1. The Morgan fingerprint density at radius 1 is 1.48 bits per heavy atom. The zero-order chi connectivity index (χ0) is 15.5. The van der Waals surface area contributed by atoms with E-state index in [1.807, 2.05) is 0 Å². The van der Waals surface area contributed by atoms with Crippen LogP contribution in [0, 0.1) is 0 Å². The fourth-order valence-corrected chi connectivity index (χ4v) is 2.32. The third kappa shape index (κ3) is 4.07. The van der Waals surface area contributed by atoms with Crippen LogP contribution in [-0.4, -0.2) is 30.0 Å². The van der Waals surface area contributed by atoms with E-state index >= 15 is 0 Å². The summed E-state index contributed by atoms with van der Waals surface area (Å²) in [6.45, 7) is 1.38. The van der Waals surface area contributed by atoms with Crippen LogP contribution in [0.4, 0.5) is 19.0 Å². The number of alkyl halides is 3. The maximum absolute atomic E-state index is 12.7. The summed E-state index contributed by atoms with van der Waals surface area (Å²) in [4.78, 5) is 14.7. The number of amides is 1. The quantitative estimate of drug-likeness (QED) is 0.774. The summed E-state index contributed by atoms with van der Waals surface area (Å²) < 4.78 is 38.0. The topological polar surface area (TPSA) is 80.0 Å². The molecule has 1 aliphatic rings. The van der Waals surface area contributed by atoms with Crippen molar-refractivity contribution in [3.8, 4) is 0 Å². The highest BCUT2D eigenvalue weighted by molar-refractivity contribution is 5.97. The molecule has 0 radical (unpaired) electrons. The molecular formula is C13H17F3N4O. The van der Waals surface area contributed by atoms with Crippen LogP contribution in [0.2, 0.25) is 0 Å². The first-order valence-electron chi connectivity index (χ1n) is 6.73. The molecule has 1 saturated heterocycles. The minimum absolute atomic E-state index is 0.0395. The van der Waals surface area contributed by atoms with E-state index < -0.39 is 17.8 Å². The van der Waals surface area contributed by atoms with E-state index in [2.05, 4.69) is 15.6 Å². The zero-order valence-corrected chi connectivity index (χ0v) is 11.3. The summed E-state index contributed by atoms with van der Waals surface area (Å²) in [6, 6.07) is 2.15. The second-order valence-corrected chi connectivity index (χ2v) is 4.96. The van der Waals surface area contributed by atoms with Crippen molar-refractivity contribution in [2.45, 2.75) is 31.5 Å². The second-order valence-electron chi connectivity index (χ2n) is 4.96. The molecule has 1 aromatic rings. The minimum atomic E-state index is -4.56. The van der Waals surface area contributed by atoms with Gasteiger partial charge in [0.2, 0.25) is 0 Å². The average molecular weight is 302 g/mol. The number of nitrogens with two attached hydrogens (primary N) is 1. The summed E-state index contributed by atoms with van der Waals surface area (Å²) >= 11 is 0. The maximum atomic E-state index is 12.7. The van der Waals surface area contributed by atoms with Crippen LogP contribution in [0.3, 0.4) is 0 Å². The molecule has 0 spiro atoms. The lowest BCUT2D eigenvalue weighted by molar-refractivity contribution is -0.141. The number of carbonyl (C=O) groups is 1. The Balaban J connectivity index is 2.08. The summed E-state index contributed by atoms with van der Waals surface area (Å²) in [7, 11) is 0. The lowest BCUT2D eigenvalue weighted by Gasteiger charge is -2.14. The molecule has 0 unspecified atom stereocenters. The van der Waals surface area contributed by atoms with Gasteiger partial charge in [0.05, 0.1) is 5.56 Å². The molecule has 2 heterocycles. The van der Waals surface area contributed by atoms with Gasteiger partial charge in [-0.1, -0.05) is 0 Å². The largest absolute Gasteiger partial charge is 0.433 e. The van der Waals surface area contributed by atoms with E-state index in [4.69, 9.17) is 5.73 Å². The van der Waals surface area contributed by atoms with Crippen LogP contribution in [0.5, 0.6) is 0 Å². The van der Waals surface area contributed by atoms with E-state index in [1.54, 1.807) is 0 Å². The standard InChI is InChI=1S/C13H17F3N4O/c14-13(15,16)10-4-3-9(11(17)21)12(20-10)19-7-5-8-2-1-6-18-8/h3-4,8,18H,1-2,5-7H2,(H2,17,21)(H,19,20)/t8-/m1/s1. The molecule has 116 valence electrons.